The van der Waals surface area contributed by atoms with Gasteiger partial charge in [-0.05, 0) is 54.1 Å². The first-order chi connectivity index (χ1) is 30.2. The fourth-order valence-electron chi connectivity index (χ4n) is 7.05. The Morgan fingerprint density at radius 2 is 1.74 bits per heavy atom. The van der Waals surface area contributed by atoms with Crippen LogP contribution in [-0.4, -0.2) is 72.8 Å². The number of methoxy groups -OCH3 is 2. The van der Waals surface area contributed by atoms with Gasteiger partial charge in [0.15, 0.2) is 5.82 Å². The minimum atomic E-state index is -0.302. The van der Waals surface area contributed by atoms with E-state index in [4.69, 9.17) is 21.1 Å². The summed E-state index contributed by atoms with van der Waals surface area (Å²) in [7, 11) is 3.16. The van der Waals surface area contributed by atoms with Crippen molar-refractivity contribution >= 4 is 46.1 Å². The number of nitrogens with zero attached hydrogens (tertiary/aromatic N) is 5. The maximum atomic E-state index is 12.4. The van der Waals surface area contributed by atoms with Gasteiger partial charge in [0.1, 0.15) is 22.8 Å². The molecule has 0 aliphatic carbocycles. The van der Waals surface area contributed by atoms with Crippen LogP contribution in [0.3, 0.4) is 0 Å². The second-order valence-corrected chi connectivity index (χ2v) is 14.5. The Kier molecular flexibility index (Phi) is 12.0. The van der Waals surface area contributed by atoms with Crippen LogP contribution in [0.15, 0.2) is 126 Å². The third kappa shape index (κ3) is 8.88. The Labute approximate surface area is 360 Å². The van der Waals surface area contributed by atoms with Crippen molar-refractivity contribution in [3.05, 3.63) is 165 Å². The van der Waals surface area contributed by atoms with Gasteiger partial charge in [-0.15, -0.1) is 0 Å². The van der Waals surface area contributed by atoms with Gasteiger partial charge in [0.2, 0.25) is 0 Å². The lowest BCUT2D eigenvalue weighted by Gasteiger charge is -2.10. The van der Waals surface area contributed by atoms with Crippen molar-refractivity contribution in [2.75, 3.05) is 26.1 Å². The molecule has 2 aliphatic heterocycles. The number of fused-ring (bicyclic) bond motifs is 3. The molecule has 15 nitrogen and oxygen atoms in total. The number of para-hydroxylation sites is 2. The molecule has 0 bridgehead atoms. The number of aromatic nitrogens is 7. The van der Waals surface area contributed by atoms with E-state index in [0.29, 0.717) is 34.2 Å². The van der Waals surface area contributed by atoms with E-state index in [1.165, 1.54) is 12.7 Å². The molecule has 2 aliphatic rings. The van der Waals surface area contributed by atoms with E-state index < -0.39 is 0 Å². The molecule has 5 aromatic heterocycles. The van der Waals surface area contributed by atoms with Gasteiger partial charge in [0, 0.05) is 79.0 Å². The Bertz CT molecular complexity index is 3020. The molecule has 3 aromatic carbocycles. The first kappa shape index (κ1) is 41.0. The molecule has 0 atom stereocenters. The number of rotatable bonds is 8. The number of H-pyrrole nitrogens is 3. The van der Waals surface area contributed by atoms with Gasteiger partial charge in [-0.25, -0.2) is 9.97 Å². The molecule has 0 fully saturated rings. The summed E-state index contributed by atoms with van der Waals surface area (Å²) in [5.74, 6) is 2.24. The highest BCUT2D eigenvalue weighted by atomic mass is 35.5. The van der Waals surface area contributed by atoms with E-state index >= 15 is 0 Å². The number of carbonyl (C=O) groups excluding carboxylic acids is 2. The van der Waals surface area contributed by atoms with Crippen molar-refractivity contribution in [2.45, 2.75) is 26.2 Å². The van der Waals surface area contributed by atoms with Crippen LogP contribution in [0.1, 0.15) is 50.4 Å². The number of aryl methyl sites for hydroxylation is 1. The summed E-state index contributed by atoms with van der Waals surface area (Å²) in [5, 5.41) is 13.0. The zero-order valence-corrected chi connectivity index (χ0v) is 34.7. The Morgan fingerprint density at radius 3 is 2.52 bits per heavy atom. The largest absolute Gasteiger partial charge is 0.496 e. The second kappa shape index (κ2) is 18.2. The smallest absolute Gasteiger partial charge is 0.272 e. The highest BCUT2D eigenvalue weighted by Gasteiger charge is 2.21. The number of ether oxygens (including phenoxy) is 2. The van der Waals surface area contributed by atoms with Crippen LogP contribution >= 0.6 is 11.6 Å². The number of anilines is 1. The van der Waals surface area contributed by atoms with Crippen LogP contribution in [0, 0.1) is 0 Å². The lowest BCUT2D eigenvalue weighted by molar-refractivity contribution is 0.0945. The van der Waals surface area contributed by atoms with E-state index in [9.17, 15) is 14.4 Å². The predicted molar refractivity (Wildman–Crippen MR) is 238 cm³/mol. The van der Waals surface area contributed by atoms with Crippen LogP contribution in [0.25, 0.3) is 28.0 Å². The first-order valence-electron chi connectivity index (χ1n) is 19.7. The molecule has 312 valence electrons. The molecule has 0 spiro atoms. The maximum Gasteiger partial charge on any atom is 0.272 e. The molecule has 0 saturated carbocycles. The lowest BCUT2D eigenvalue weighted by Crippen LogP contribution is -2.31. The summed E-state index contributed by atoms with van der Waals surface area (Å²) in [5.41, 5.74) is 10.1. The molecule has 10 rings (SSSR count). The maximum absolute atomic E-state index is 12.4. The van der Waals surface area contributed by atoms with Crippen molar-refractivity contribution in [2.24, 2.45) is 4.99 Å². The fraction of sp³-hybridized carbons (Fsp3) is 0.152. The zero-order valence-electron chi connectivity index (χ0n) is 34.0. The van der Waals surface area contributed by atoms with E-state index in [-0.39, 0.29) is 17.4 Å². The van der Waals surface area contributed by atoms with Gasteiger partial charge >= 0.3 is 0 Å². The minimum Gasteiger partial charge on any atom is -0.496 e. The number of carbonyl (C=O) groups is 2. The highest BCUT2D eigenvalue weighted by Crippen LogP contribution is 2.31. The number of amides is 2. The Balaban J connectivity index is 0.000000131. The molecule has 8 aromatic rings. The van der Waals surface area contributed by atoms with Crippen molar-refractivity contribution in [1.82, 2.24) is 39.9 Å². The van der Waals surface area contributed by atoms with Crippen LogP contribution in [0.4, 0.5) is 11.5 Å². The summed E-state index contributed by atoms with van der Waals surface area (Å²) in [4.78, 5) is 54.9. The Hall–Kier alpha value is -7.78. The quantitative estimate of drug-likeness (QED) is 0.103. The number of hydrogen-bond donors (Lipinski definition) is 5. The van der Waals surface area contributed by atoms with Crippen molar-refractivity contribution in [3.8, 4) is 34.0 Å². The second-order valence-electron chi connectivity index (χ2n) is 14.1. The lowest BCUT2D eigenvalue weighted by atomic mass is 10.1. The number of aliphatic imine (C=N–C) groups is 1. The van der Waals surface area contributed by atoms with Gasteiger partial charge in [0.25, 0.3) is 17.4 Å². The highest BCUT2D eigenvalue weighted by molar-refractivity contribution is 6.32. The summed E-state index contributed by atoms with van der Waals surface area (Å²) in [6, 6.07) is 27.9. The number of benzene rings is 3. The topological polar surface area (TPSA) is 197 Å². The average molecular weight is 849 g/mol. The molecule has 7 heterocycles. The summed E-state index contributed by atoms with van der Waals surface area (Å²) in [6.07, 6.45) is 9.49. The first-order valence-corrected chi connectivity index (χ1v) is 20.1. The van der Waals surface area contributed by atoms with Gasteiger partial charge in [-0.2, -0.15) is 5.10 Å². The minimum absolute atomic E-state index is 0.0106. The van der Waals surface area contributed by atoms with Crippen molar-refractivity contribution in [3.63, 3.8) is 0 Å². The molecule has 62 heavy (non-hydrogen) atoms. The van der Waals surface area contributed by atoms with Crippen molar-refractivity contribution in [1.29, 1.82) is 0 Å². The van der Waals surface area contributed by atoms with Gasteiger partial charge in [-0.3, -0.25) is 24.5 Å². The number of nitrogens with one attached hydrogen (secondary N) is 5. The van der Waals surface area contributed by atoms with Gasteiger partial charge in [0.05, 0.1) is 53.3 Å². The molecule has 2 amide bonds. The summed E-state index contributed by atoms with van der Waals surface area (Å²) < 4.78 is 12.2. The molecule has 0 radical (unpaired) electrons. The molecular formula is C46H41ClN10O5. The molecule has 0 saturated heterocycles. The van der Waals surface area contributed by atoms with Crippen LogP contribution in [0.5, 0.6) is 11.5 Å². The van der Waals surface area contributed by atoms with E-state index in [0.717, 1.165) is 81.7 Å². The van der Waals surface area contributed by atoms with Gasteiger partial charge in [-0.1, -0.05) is 54.9 Å². The number of halogens is 1. The normalized spacial score (nSPS) is 12.5. The zero-order chi connectivity index (χ0) is 43.2. The molecule has 0 unspecified atom stereocenters. The summed E-state index contributed by atoms with van der Waals surface area (Å²) in [6.45, 7) is 2.71. The van der Waals surface area contributed by atoms with Gasteiger partial charge < -0.3 is 34.5 Å². The van der Waals surface area contributed by atoms with Crippen LogP contribution in [-0.2, 0) is 19.3 Å². The van der Waals surface area contributed by atoms with E-state index in [1.807, 2.05) is 80.0 Å². The molecular weight excluding hydrogens is 808 g/mol. The van der Waals surface area contributed by atoms with Crippen LogP contribution < -0.4 is 25.7 Å². The van der Waals surface area contributed by atoms with Crippen molar-refractivity contribution < 1.29 is 19.1 Å². The van der Waals surface area contributed by atoms with Crippen LogP contribution in [0.2, 0.25) is 5.02 Å². The average Bonchev–Trinajstić information content (AvgIpc) is 4.13. The molecule has 16 heteroatoms. The number of hydrogen-bond acceptors (Lipinski definition) is 9. The standard InChI is InChI=1S/C19H15ClN4O2.C14H12N2O2.C13H14N4O/c1-26-17-7-6-12(8-13(17)20)19(25)22-18-10-16(23-24-18)15-9-11-4-2-3-5-14(11)21-15;1-18-13-5-3-2-4-11(13)10-8-12-14(17)15-6-7-16(12)9-10;1-2-12-14-5-4-10(17-12)11-7-8-9(16-11)3-6-15-13(8)18/h2-8,10H,9H2,1H3,(H2,22,23,24,25);2-9H,1H3,(H,15,17);4-5,7,16H,2-3,6H2,1H3,(H,15,18). The Morgan fingerprint density at radius 1 is 0.919 bits per heavy atom. The number of aromatic amines is 3. The third-order valence-electron chi connectivity index (χ3n) is 10.2. The predicted octanol–water partition coefficient (Wildman–Crippen LogP) is 7.62. The van der Waals surface area contributed by atoms with E-state index in [1.54, 1.807) is 48.2 Å². The monoisotopic (exact) mass is 848 g/mol. The van der Waals surface area contributed by atoms with E-state index in [2.05, 4.69) is 51.8 Å². The third-order valence-corrected chi connectivity index (χ3v) is 10.5. The summed E-state index contributed by atoms with van der Waals surface area (Å²) >= 11 is 6.07. The SMILES string of the molecule is CCc1nccc(-c2cc3c([nH]2)CCNC3=O)n1.COc1ccc(C(=O)Nc2cc(C3=Nc4ccccc4C3)[nH]n2)cc1Cl.COc1ccccc1-c1cc2c(=O)[nH]ccn2c1. The molecule has 5 N–H and O–H groups in total. The fourth-order valence-corrected chi connectivity index (χ4v) is 7.31.